The van der Waals surface area contributed by atoms with Crippen molar-refractivity contribution in [2.75, 3.05) is 6.54 Å². The highest BCUT2D eigenvalue weighted by atomic mass is 79.9. The van der Waals surface area contributed by atoms with E-state index < -0.39 is 0 Å². The van der Waals surface area contributed by atoms with Gasteiger partial charge in [0.1, 0.15) is 11.6 Å². The first-order valence-electron chi connectivity index (χ1n) is 5.98. The zero-order valence-corrected chi connectivity index (χ0v) is 11.3. The summed E-state index contributed by atoms with van der Waals surface area (Å²) < 4.78 is 13.7. The maximum absolute atomic E-state index is 13.2. The SMILES string of the molecule is Fc1ccc(-c2cnc(C3CCCN3)[nH]2)cc1Br. The van der Waals surface area contributed by atoms with Gasteiger partial charge in [0.25, 0.3) is 0 Å². The highest BCUT2D eigenvalue weighted by molar-refractivity contribution is 9.10. The molecule has 2 heterocycles. The molecule has 1 aromatic heterocycles. The maximum atomic E-state index is 13.2. The third-order valence-electron chi connectivity index (χ3n) is 3.22. The molecule has 3 rings (SSSR count). The van der Waals surface area contributed by atoms with Crippen molar-refractivity contribution in [2.45, 2.75) is 18.9 Å². The fraction of sp³-hybridized carbons (Fsp3) is 0.308. The molecule has 1 aromatic carbocycles. The molecule has 1 aliphatic rings. The number of hydrogen-bond acceptors (Lipinski definition) is 2. The van der Waals surface area contributed by atoms with Crippen LogP contribution >= 0.6 is 15.9 Å². The molecule has 0 spiro atoms. The maximum Gasteiger partial charge on any atom is 0.137 e. The summed E-state index contributed by atoms with van der Waals surface area (Å²) in [7, 11) is 0. The van der Waals surface area contributed by atoms with Gasteiger partial charge in [0.2, 0.25) is 0 Å². The van der Waals surface area contributed by atoms with Crippen molar-refractivity contribution in [3.8, 4) is 11.3 Å². The number of halogens is 2. The molecule has 1 atom stereocenters. The lowest BCUT2D eigenvalue weighted by molar-refractivity contribution is 0.613. The van der Waals surface area contributed by atoms with Crippen LogP contribution in [0.2, 0.25) is 0 Å². The van der Waals surface area contributed by atoms with Gasteiger partial charge in [-0.25, -0.2) is 9.37 Å². The summed E-state index contributed by atoms with van der Waals surface area (Å²) >= 11 is 3.19. The molecule has 3 nitrogen and oxygen atoms in total. The van der Waals surface area contributed by atoms with Gasteiger partial charge in [0.05, 0.1) is 22.4 Å². The van der Waals surface area contributed by atoms with Crippen LogP contribution in [0.25, 0.3) is 11.3 Å². The van der Waals surface area contributed by atoms with Gasteiger partial charge in [-0.2, -0.15) is 0 Å². The topological polar surface area (TPSA) is 40.7 Å². The van der Waals surface area contributed by atoms with Crippen LogP contribution in [0.3, 0.4) is 0 Å². The van der Waals surface area contributed by atoms with Crippen LogP contribution in [-0.4, -0.2) is 16.5 Å². The predicted octanol–water partition coefficient (Wildman–Crippen LogP) is 3.40. The number of nitrogens with zero attached hydrogens (tertiary/aromatic N) is 1. The minimum absolute atomic E-state index is 0.254. The summed E-state index contributed by atoms with van der Waals surface area (Å²) in [6.45, 7) is 1.04. The number of benzene rings is 1. The third-order valence-corrected chi connectivity index (χ3v) is 3.82. The number of hydrogen-bond donors (Lipinski definition) is 2. The molecular formula is C13H13BrFN3. The van der Waals surface area contributed by atoms with Gasteiger partial charge in [0, 0.05) is 5.56 Å². The van der Waals surface area contributed by atoms with E-state index in [4.69, 9.17) is 0 Å². The van der Waals surface area contributed by atoms with Gasteiger partial charge in [-0.05, 0) is 53.5 Å². The van der Waals surface area contributed by atoms with E-state index in [1.165, 1.54) is 12.5 Å². The monoisotopic (exact) mass is 309 g/mol. The highest BCUT2D eigenvalue weighted by Gasteiger charge is 2.19. The molecule has 2 N–H and O–H groups in total. The van der Waals surface area contributed by atoms with Gasteiger partial charge in [-0.15, -0.1) is 0 Å². The van der Waals surface area contributed by atoms with Crippen molar-refractivity contribution in [2.24, 2.45) is 0 Å². The van der Waals surface area contributed by atoms with Crippen LogP contribution in [-0.2, 0) is 0 Å². The smallest absolute Gasteiger partial charge is 0.137 e. The van der Waals surface area contributed by atoms with Gasteiger partial charge >= 0.3 is 0 Å². The lowest BCUT2D eigenvalue weighted by Crippen LogP contribution is -2.14. The minimum Gasteiger partial charge on any atom is -0.341 e. The van der Waals surface area contributed by atoms with Gasteiger partial charge in [0.15, 0.2) is 0 Å². The molecule has 0 aliphatic carbocycles. The van der Waals surface area contributed by atoms with E-state index in [1.54, 1.807) is 18.3 Å². The van der Waals surface area contributed by atoms with Crippen LogP contribution < -0.4 is 5.32 Å². The molecule has 94 valence electrons. The Labute approximate surface area is 113 Å². The molecule has 1 aliphatic heterocycles. The van der Waals surface area contributed by atoms with Crippen LogP contribution in [0.4, 0.5) is 4.39 Å². The second-order valence-corrected chi connectivity index (χ2v) is 5.31. The molecule has 2 aromatic rings. The molecule has 1 fully saturated rings. The zero-order chi connectivity index (χ0) is 12.5. The van der Waals surface area contributed by atoms with Crippen molar-refractivity contribution in [3.05, 3.63) is 40.5 Å². The summed E-state index contributed by atoms with van der Waals surface area (Å²) in [6.07, 6.45) is 4.10. The van der Waals surface area contributed by atoms with E-state index >= 15 is 0 Å². The molecule has 0 bridgehead atoms. The zero-order valence-electron chi connectivity index (χ0n) is 9.71. The Kier molecular flexibility index (Phi) is 3.18. The van der Waals surface area contributed by atoms with Crippen LogP contribution in [0.15, 0.2) is 28.9 Å². The summed E-state index contributed by atoms with van der Waals surface area (Å²) in [6, 6.07) is 5.28. The first kappa shape index (κ1) is 11.9. The Morgan fingerprint density at radius 2 is 2.28 bits per heavy atom. The molecule has 5 heteroatoms. The fourth-order valence-corrected chi connectivity index (χ4v) is 2.62. The number of nitrogens with one attached hydrogen (secondary N) is 2. The Morgan fingerprint density at radius 3 is 3.00 bits per heavy atom. The quantitative estimate of drug-likeness (QED) is 0.892. The average molecular weight is 310 g/mol. The van der Waals surface area contributed by atoms with Gasteiger partial charge < -0.3 is 10.3 Å². The van der Waals surface area contributed by atoms with Gasteiger partial charge in [-0.1, -0.05) is 0 Å². The van der Waals surface area contributed by atoms with Gasteiger partial charge in [-0.3, -0.25) is 0 Å². The number of aromatic nitrogens is 2. The lowest BCUT2D eigenvalue weighted by Gasteiger charge is -2.05. The summed E-state index contributed by atoms with van der Waals surface area (Å²) in [5.74, 6) is 0.707. The first-order chi connectivity index (χ1) is 8.74. The van der Waals surface area contributed by atoms with E-state index in [2.05, 4.69) is 31.2 Å². The average Bonchev–Trinajstić information content (AvgIpc) is 3.01. The largest absolute Gasteiger partial charge is 0.341 e. The highest BCUT2D eigenvalue weighted by Crippen LogP contribution is 2.26. The van der Waals surface area contributed by atoms with Crippen molar-refractivity contribution < 1.29 is 4.39 Å². The second-order valence-electron chi connectivity index (χ2n) is 4.46. The normalized spacial score (nSPS) is 19.3. The van der Waals surface area contributed by atoms with E-state index in [0.29, 0.717) is 10.5 Å². The molecule has 1 saturated heterocycles. The minimum atomic E-state index is -0.254. The van der Waals surface area contributed by atoms with E-state index in [-0.39, 0.29) is 5.82 Å². The predicted molar refractivity (Wildman–Crippen MR) is 71.7 cm³/mol. The number of rotatable bonds is 2. The van der Waals surface area contributed by atoms with Crippen molar-refractivity contribution in [3.63, 3.8) is 0 Å². The van der Waals surface area contributed by atoms with E-state index in [0.717, 1.165) is 30.0 Å². The lowest BCUT2D eigenvalue weighted by atomic mass is 10.2. The molecule has 0 amide bonds. The van der Waals surface area contributed by atoms with Crippen LogP contribution in [0.5, 0.6) is 0 Å². The number of imidazole rings is 1. The standard InChI is InChI=1S/C13H13BrFN3/c14-9-6-8(3-4-10(9)15)12-7-17-13(18-12)11-2-1-5-16-11/h3-4,6-7,11,16H,1-2,5H2,(H,17,18). The molecule has 18 heavy (non-hydrogen) atoms. The van der Waals surface area contributed by atoms with Crippen molar-refractivity contribution in [1.29, 1.82) is 0 Å². The summed E-state index contributed by atoms with van der Waals surface area (Å²) in [4.78, 5) is 7.70. The number of aromatic amines is 1. The first-order valence-corrected chi connectivity index (χ1v) is 6.77. The second kappa shape index (κ2) is 4.82. The fourth-order valence-electron chi connectivity index (χ4n) is 2.24. The number of H-pyrrole nitrogens is 1. The summed E-state index contributed by atoms with van der Waals surface area (Å²) in [5, 5.41) is 3.40. The Bertz CT molecular complexity index is 561. The Morgan fingerprint density at radius 1 is 1.39 bits per heavy atom. The summed E-state index contributed by atoms with van der Waals surface area (Å²) in [5.41, 5.74) is 1.85. The third kappa shape index (κ3) is 2.20. The molecule has 0 saturated carbocycles. The Hall–Kier alpha value is -1.20. The van der Waals surface area contributed by atoms with E-state index in [1.807, 2.05) is 0 Å². The molecule has 0 radical (unpaired) electrons. The molecular weight excluding hydrogens is 297 g/mol. The van der Waals surface area contributed by atoms with Crippen molar-refractivity contribution >= 4 is 15.9 Å². The van der Waals surface area contributed by atoms with Crippen LogP contribution in [0.1, 0.15) is 24.7 Å². The van der Waals surface area contributed by atoms with Crippen LogP contribution in [0, 0.1) is 5.82 Å². The Balaban J connectivity index is 1.89. The molecule has 1 unspecified atom stereocenters. The van der Waals surface area contributed by atoms with Crippen molar-refractivity contribution in [1.82, 2.24) is 15.3 Å². The van der Waals surface area contributed by atoms with E-state index in [9.17, 15) is 4.39 Å².